The van der Waals surface area contributed by atoms with Crippen LogP contribution in [0, 0.1) is 5.41 Å². The van der Waals surface area contributed by atoms with Crippen molar-refractivity contribution in [3.8, 4) is 0 Å². The Morgan fingerprint density at radius 1 is 1.11 bits per heavy atom. The highest BCUT2D eigenvalue weighted by atomic mass is 16.7. The highest BCUT2D eigenvalue weighted by Crippen LogP contribution is 2.37. The molecule has 0 aromatic heterocycles. The van der Waals surface area contributed by atoms with Gasteiger partial charge in [0.05, 0.1) is 13.2 Å². The molecule has 0 aliphatic carbocycles. The molecule has 0 unspecified atom stereocenters. The van der Waals surface area contributed by atoms with E-state index in [9.17, 15) is 0 Å². The van der Waals surface area contributed by atoms with E-state index >= 15 is 0 Å². The predicted molar refractivity (Wildman–Crippen MR) is 73.3 cm³/mol. The molecule has 0 amide bonds. The zero-order chi connectivity index (χ0) is 12.8. The van der Waals surface area contributed by atoms with Crippen LogP contribution in [0.25, 0.3) is 0 Å². The van der Waals surface area contributed by atoms with Crippen LogP contribution in [-0.4, -0.2) is 13.2 Å². The van der Waals surface area contributed by atoms with E-state index in [1.54, 1.807) is 0 Å². The second-order valence-electron chi connectivity index (χ2n) is 5.32. The van der Waals surface area contributed by atoms with Gasteiger partial charge in [-0.1, -0.05) is 57.0 Å². The number of hydrogen-bond acceptors (Lipinski definition) is 2. The second kappa shape index (κ2) is 6.35. The lowest BCUT2D eigenvalue weighted by molar-refractivity contribution is -0.236. The molecule has 100 valence electrons. The van der Waals surface area contributed by atoms with Crippen molar-refractivity contribution < 1.29 is 9.47 Å². The van der Waals surface area contributed by atoms with Crippen LogP contribution in [0.2, 0.25) is 0 Å². The third-order valence-corrected chi connectivity index (χ3v) is 3.96. The fraction of sp³-hybridized carbons (Fsp3) is 0.625. The lowest BCUT2D eigenvalue weighted by Gasteiger charge is -2.39. The van der Waals surface area contributed by atoms with Crippen molar-refractivity contribution in [1.82, 2.24) is 0 Å². The maximum Gasteiger partial charge on any atom is 0.183 e. The monoisotopic (exact) mass is 248 g/mol. The fourth-order valence-electron chi connectivity index (χ4n) is 2.47. The van der Waals surface area contributed by atoms with E-state index in [1.807, 2.05) is 18.2 Å². The van der Waals surface area contributed by atoms with Crippen molar-refractivity contribution in [1.29, 1.82) is 0 Å². The largest absolute Gasteiger partial charge is 0.348 e. The van der Waals surface area contributed by atoms with Crippen LogP contribution in [0.4, 0.5) is 0 Å². The summed E-state index contributed by atoms with van der Waals surface area (Å²) in [5.41, 5.74) is 1.36. The SMILES string of the molecule is CCCCC1(CC)COC(c2ccccc2)OC1. The highest BCUT2D eigenvalue weighted by molar-refractivity contribution is 5.16. The van der Waals surface area contributed by atoms with Crippen LogP contribution < -0.4 is 0 Å². The Balaban J connectivity index is 1.94. The zero-order valence-electron chi connectivity index (χ0n) is 11.5. The van der Waals surface area contributed by atoms with Gasteiger partial charge in [0.25, 0.3) is 0 Å². The minimum Gasteiger partial charge on any atom is -0.348 e. The molecule has 1 aliphatic rings. The van der Waals surface area contributed by atoms with Crippen molar-refractivity contribution in [3.05, 3.63) is 35.9 Å². The maximum atomic E-state index is 5.95. The van der Waals surface area contributed by atoms with Crippen LogP contribution in [0.5, 0.6) is 0 Å². The Hall–Kier alpha value is -0.860. The summed E-state index contributed by atoms with van der Waals surface area (Å²) in [6.07, 6.45) is 4.67. The number of ether oxygens (including phenoxy) is 2. The van der Waals surface area contributed by atoms with Gasteiger partial charge < -0.3 is 9.47 Å². The van der Waals surface area contributed by atoms with Gasteiger partial charge in [0, 0.05) is 11.0 Å². The summed E-state index contributed by atoms with van der Waals surface area (Å²) in [5.74, 6) is 0. The molecule has 1 fully saturated rings. The minimum absolute atomic E-state index is 0.174. The van der Waals surface area contributed by atoms with E-state index in [1.165, 1.54) is 19.3 Å². The van der Waals surface area contributed by atoms with Crippen LogP contribution in [0.15, 0.2) is 30.3 Å². The van der Waals surface area contributed by atoms with E-state index in [2.05, 4.69) is 26.0 Å². The van der Waals surface area contributed by atoms with E-state index in [4.69, 9.17) is 9.47 Å². The average Bonchev–Trinajstić information content (AvgIpc) is 2.47. The molecule has 2 nitrogen and oxygen atoms in total. The fourth-order valence-corrected chi connectivity index (χ4v) is 2.47. The summed E-state index contributed by atoms with van der Waals surface area (Å²) in [6, 6.07) is 10.2. The third-order valence-electron chi connectivity index (χ3n) is 3.96. The summed E-state index contributed by atoms with van der Waals surface area (Å²) in [4.78, 5) is 0. The van der Waals surface area contributed by atoms with Gasteiger partial charge in [-0.2, -0.15) is 0 Å². The molecular formula is C16H24O2. The Morgan fingerprint density at radius 3 is 2.33 bits per heavy atom. The molecule has 0 N–H and O–H groups in total. The van der Waals surface area contributed by atoms with Gasteiger partial charge in [0.2, 0.25) is 0 Å². The third kappa shape index (κ3) is 3.12. The lowest BCUT2D eigenvalue weighted by Crippen LogP contribution is -2.38. The molecule has 0 bridgehead atoms. The van der Waals surface area contributed by atoms with Gasteiger partial charge in [-0.25, -0.2) is 0 Å². The molecule has 18 heavy (non-hydrogen) atoms. The Morgan fingerprint density at radius 2 is 1.78 bits per heavy atom. The molecule has 2 rings (SSSR count). The minimum atomic E-state index is -0.174. The first-order chi connectivity index (χ1) is 8.79. The van der Waals surface area contributed by atoms with Crippen molar-refractivity contribution in [3.63, 3.8) is 0 Å². The van der Waals surface area contributed by atoms with Gasteiger partial charge in [-0.05, 0) is 12.8 Å². The lowest BCUT2D eigenvalue weighted by atomic mass is 9.81. The van der Waals surface area contributed by atoms with Crippen molar-refractivity contribution in [2.45, 2.75) is 45.8 Å². The Kier molecular flexibility index (Phi) is 4.79. The summed E-state index contributed by atoms with van der Waals surface area (Å²) in [5, 5.41) is 0. The molecular weight excluding hydrogens is 224 g/mol. The first kappa shape index (κ1) is 13.6. The normalized spacial score (nSPS) is 28.2. The van der Waals surface area contributed by atoms with Crippen molar-refractivity contribution in [2.75, 3.05) is 13.2 Å². The molecule has 1 aromatic rings. The average molecular weight is 248 g/mol. The van der Waals surface area contributed by atoms with E-state index < -0.39 is 0 Å². The Labute approximate surface area is 110 Å². The molecule has 1 aromatic carbocycles. The predicted octanol–water partition coefficient (Wildman–Crippen LogP) is 4.32. The number of unbranched alkanes of at least 4 members (excludes halogenated alkanes) is 1. The van der Waals surface area contributed by atoms with Gasteiger partial charge in [-0.15, -0.1) is 0 Å². The summed E-state index contributed by atoms with van der Waals surface area (Å²) >= 11 is 0. The quantitative estimate of drug-likeness (QED) is 0.772. The van der Waals surface area contributed by atoms with E-state index in [0.717, 1.165) is 25.2 Å². The maximum absolute atomic E-state index is 5.95. The molecule has 1 heterocycles. The van der Waals surface area contributed by atoms with Crippen molar-refractivity contribution in [2.24, 2.45) is 5.41 Å². The molecule has 0 atom stereocenters. The summed E-state index contributed by atoms with van der Waals surface area (Å²) in [6.45, 7) is 6.12. The second-order valence-corrected chi connectivity index (χ2v) is 5.32. The van der Waals surface area contributed by atoms with Crippen LogP contribution in [-0.2, 0) is 9.47 Å². The molecule has 0 radical (unpaired) electrons. The van der Waals surface area contributed by atoms with Crippen LogP contribution >= 0.6 is 0 Å². The van der Waals surface area contributed by atoms with Crippen molar-refractivity contribution >= 4 is 0 Å². The first-order valence-electron chi connectivity index (χ1n) is 7.08. The van der Waals surface area contributed by atoms with Crippen LogP contribution in [0.1, 0.15) is 51.4 Å². The van der Waals surface area contributed by atoms with E-state index in [0.29, 0.717) is 0 Å². The summed E-state index contributed by atoms with van der Waals surface area (Å²) < 4.78 is 11.9. The van der Waals surface area contributed by atoms with Gasteiger partial charge in [-0.3, -0.25) is 0 Å². The zero-order valence-corrected chi connectivity index (χ0v) is 11.5. The number of benzene rings is 1. The molecule has 0 saturated carbocycles. The Bertz CT molecular complexity index is 339. The van der Waals surface area contributed by atoms with Crippen LogP contribution in [0.3, 0.4) is 0 Å². The summed E-state index contributed by atoms with van der Waals surface area (Å²) in [7, 11) is 0. The number of rotatable bonds is 5. The van der Waals surface area contributed by atoms with Gasteiger partial charge in [0.15, 0.2) is 6.29 Å². The molecule has 1 saturated heterocycles. The highest BCUT2D eigenvalue weighted by Gasteiger charge is 2.35. The van der Waals surface area contributed by atoms with Gasteiger partial charge in [0.1, 0.15) is 0 Å². The van der Waals surface area contributed by atoms with Gasteiger partial charge >= 0.3 is 0 Å². The standard InChI is InChI=1S/C16H24O2/c1-3-5-11-16(4-2)12-17-15(18-13-16)14-9-7-6-8-10-14/h6-10,15H,3-5,11-13H2,1-2H3. The molecule has 0 spiro atoms. The number of hydrogen-bond donors (Lipinski definition) is 0. The molecule has 2 heteroatoms. The first-order valence-corrected chi connectivity index (χ1v) is 7.08. The smallest absolute Gasteiger partial charge is 0.183 e. The van der Waals surface area contributed by atoms with E-state index in [-0.39, 0.29) is 11.7 Å². The topological polar surface area (TPSA) is 18.5 Å². The molecule has 1 aliphatic heterocycles.